The first kappa shape index (κ1) is 60.7. The Morgan fingerprint density at radius 1 is 0.348 bits per heavy atom. The number of aromatic nitrogens is 2. The summed E-state index contributed by atoms with van der Waals surface area (Å²) in [5.74, 6) is -5.11. The van der Waals surface area contributed by atoms with E-state index < -0.39 is 46.7 Å². The minimum absolute atomic E-state index is 0. The zero-order valence-corrected chi connectivity index (χ0v) is 49.6. The van der Waals surface area contributed by atoms with Crippen LogP contribution in [0, 0.1) is 0 Å². The second-order valence-corrected chi connectivity index (χ2v) is 13.6. The van der Waals surface area contributed by atoms with Gasteiger partial charge in [0.2, 0.25) is 0 Å². The average Bonchev–Trinajstić information content (AvgIpc) is 3.28. The van der Waals surface area contributed by atoms with E-state index in [1.807, 2.05) is 84.9 Å². The number of carbonyl (C=O) groups is 4. The molecule has 0 aliphatic rings. The number of pyridine rings is 2. The van der Waals surface area contributed by atoms with E-state index in [-0.39, 0.29) is 230 Å². The first-order valence-corrected chi connectivity index (χ1v) is 19.5. The molecule has 0 saturated heterocycles. The number of hydrogen-bond acceptors (Lipinski definition) is 14. The minimum Gasteiger partial charge on any atom is -0.543 e. The van der Waals surface area contributed by atoms with E-state index in [0.29, 0.717) is 50.4 Å². The van der Waals surface area contributed by atoms with Gasteiger partial charge in [-0.15, -0.1) is 0 Å². The summed E-state index contributed by atoms with van der Waals surface area (Å²) in [6, 6.07) is 40.2. The van der Waals surface area contributed by atoms with Crippen LogP contribution in [0.5, 0.6) is 23.0 Å². The number of aromatic carboxylic acids is 4. The van der Waals surface area contributed by atoms with Crippen LogP contribution in [-0.2, 0) is 0 Å². The quantitative estimate of drug-likeness (QED) is 0.0351. The van der Waals surface area contributed by atoms with Crippen molar-refractivity contribution in [3.8, 4) is 23.0 Å². The number of unbranched alkanes of at least 4 members (excludes halogenated alkanes) is 2. The number of carboxylic acids is 4. The van der Waals surface area contributed by atoms with E-state index in [9.17, 15) is 39.6 Å². The van der Waals surface area contributed by atoms with Gasteiger partial charge in [0.25, 0.3) is 0 Å². The molecule has 6 aromatic rings. The molecule has 0 atom stereocenters. The van der Waals surface area contributed by atoms with Gasteiger partial charge in [-0.2, -0.15) is 0 Å². The van der Waals surface area contributed by atoms with Crippen molar-refractivity contribution in [2.24, 2.45) is 0 Å². The fraction of sp³-hybridized carbons (Fsp3) is 0.167. The molecule has 0 aliphatic carbocycles. The summed E-state index contributed by atoms with van der Waals surface area (Å²) in [7, 11) is 0. The Bertz CT molecular complexity index is 2310. The second kappa shape index (κ2) is 31.7. The fourth-order valence-corrected chi connectivity index (χ4v) is 6.32. The summed E-state index contributed by atoms with van der Waals surface area (Å²) >= 11 is 0. The summed E-state index contributed by atoms with van der Waals surface area (Å²) in [4.78, 5) is 51.8. The van der Waals surface area contributed by atoms with Crippen LogP contribution in [0.1, 0.15) is 89.9 Å². The van der Waals surface area contributed by atoms with Gasteiger partial charge < -0.3 is 58.6 Å². The van der Waals surface area contributed by atoms with Gasteiger partial charge in [0.05, 0.1) is 73.1 Å². The third-order valence-corrected chi connectivity index (χ3v) is 9.25. The summed E-state index contributed by atoms with van der Waals surface area (Å²) < 4.78 is 23.2. The van der Waals surface area contributed by atoms with Crippen LogP contribution in [-0.4, -0.2) is 60.3 Å². The summed E-state index contributed by atoms with van der Waals surface area (Å²) in [6.07, 6.45) is 2.29. The molecule has 6 rings (SSSR count). The summed E-state index contributed by atoms with van der Waals surface area (Å²) in [5.41, 5.74) is 3.69. The normalized spacial score (nSPS) is 10.5. The van der Waals surface area contributed by atoms with Crippen LogP contribution in [0.4, 0.5) is 0 Å². The number of benzene rings is 4. The average molecular weight is 991 g/mol. The molecule has 316 valence electrons. The van der Waals surface area contributed by atoms with Crippen molar-refractivity contribution >= 4 is 35.0 Å². The van der Waals surface area contributed by atoms with Crippen LogP contribution in [0.3, 0.4) is 0 Å². The zero-order chi connectivity index (χ0) is 43.8. The van der Waals surface area contributed by atoms with Crippen LogP contribution >= 0.6 is 0 Å². The van der Waals surface area contributed by atoms with Crippen molar-refractivity contribution in [2.75, 3.05) is 26.4 Å². The number of hydrogen-bond donors (Lipinski definition) is 0. The predicted octanol–water partition coefficient (Wildman–Crippen LogP) is -8.57. The molecule has 0 bridgehead atoms. The van der Waals surface area contributed by atoms with Crippen LogP contribution < -0.4 is 245 Å². The molecule has 0 aliphatic heterocycles. The molecule has 2 heterocycles. The Labute approximate surface area is 552 Å². The Morgan fingerprint density at radius 2 is 0.591 bits per heavy atom. The first-order valence-electron chi connectivity index (χ1n) is 19.5. The molecule has 4 aromatic carbocycles. The Hall–Kier alpha value is -1.45. The van der Waals surface area contributed by atoms with Crippen molar-refractivity contribution in [1.29, 1.82) is 0 Å². The first-order chi connectivity index (χ1) is 30.0. The molecular formula is C48H38K4N2O12. The van der Waals surface area contributed by atoms with E-state index in [2.05, 4.69) is 34.2 Å². The van der Waals surface area contributed by atoms with E-state index in [1.54, 1.807) is 0 Å². The monoisotopic (exact) mass is 990 g/mol. The topological polar surface area (TPSA) is 223 Å². The number of carbonyl (C=O) groups excluding carboxylic acids is 4. The van der Waals surface area contributed by atoms with Gasteiger partial charge in [0, 0.05) is 24.3 Å². The molecule has 0 unspecified atom stereocenters. The van der Waals surface area contributed by atoms with Gasteiger partial charge in [0.15, 0.2) is 0 Å². The van der Waals surface area contributed by atoms with Crippen molar-refractivity contribution in [2.45, 2.75) is 25.7 Å². The van der Waals surface area contributed by atoms with E-state index in [4.69, 9.17) is 18.9 Å². The largest absolute Gasteiger partial charge is 1.00 e. The molecule has 14 nitrogen and oxygen atoms in total. The number of rotatable bonds is 22. The smallest absolute Gasteiger partial charge is 0.543 e. The van der Waals surface area contributed by atoms with Gasteiger partial charge in [-0.3, -0.25) is 0 Å². The molecule has 0 fully saturated rings. The van der Waals surface area contributed by atoms with E-state index in [0.717, 1.165) is 57.7 Å². The molecule has 0 amide bonds. The molecule has 0 N–H and O–H groups in total. The Kier molecular flexibility index (Phi) is 29.1. The van der Waals surface area contributed by atoms with Gasteiger partial charge in [-0.1, -0.05) is 84.9 Å². The summed E-state index contributed by atoms with van der Waals surface area (Å²) in [6.45, 7) is 1.12. The molecule has 0 spiro atoms. The van der Waals surface area contributed by atoms with Crippen LogP contribution in [0.15, 0.2) is 133 Å². The SMILES string of the molecule is O=C([O-])c1cc(OCCCCOc2ccc(/C(=C(\c3ccccc3)c3ccc(OCCCCOc4cc(C(=O)[O-])nc(C(=O)[O-])c4)cc3)c3ccccc3)cc2)cc(C(=O)[O-])n1.[K+].[K+].[K+].[K+]. The molecule has 18 heteroatoms. The number of ether oxygens (including phenoxy) is 4. The molecule has 2 aromatic heterocycles. The second-order valence-electron chi connectivity index (χ2n) is 13.6. The van der Waals surface area contributed by atoms with Crippen molar-refractivity contribution in [1.82, 2.24) is 9.97 Å². The van der Waals surface area contributed by atoms with Crippen LogP contribution in [0.25, 0.3) is 11.1 Å². The van der Waals surface area contributed by atoms with Gasteiger partial charge in [-0.05, 0) is 83.3 Å². The third kappa shape index (κ3) is 18.7. The fourth-order valence-electron chi connectivity index (χ4n) is 6.32. The zero-order valence-electron chi connectivity index (χ0n) is 37.2. The summed E-state index contributed by atoms with van der Waals surface area (Å²) in [5, 5.41) is 44.8. The molecule has 66 heavy (non-hydrogen) atoms. The third-order valence-electron chi connectivity index (χ3n) is 9.25. The Morgan fingerprint density at radius 3 is 0.848 bits per heavy atom. The standard InChI is InChI=1S/C48H42N2O12.4K/c51-45(52)39-27-37(28-40(49-39)46(53)54)61-25-9-7-23-59-35-19-15-33(16-20-35)43(31-11-3-1-4-12-31)44(32-13-5-2-6-14-32)34-17-21-36(22-18-34)60-24-8-10-26-62-38-29-41(47(55)56)50-42(30-38)48(57)58;;;;/h1-6,11-22,27-30H,7-10,23-26H2,(H,51,52)(H,53,54)(H,55,56)(H,57,58);;;;/q;4*+1/p-4/b44-43+;;;;. The van der Waals surface area contributed by atoms with Crippen molar-refractivity contribution in [3.05, 3.63) is 178 Å². The van der Waals surface area contributed by atoms with Crippen LogP contribution in [0.2, 0.25) is 0 Å². The predicted molar refractivity (Wildman–Crippen MR) is 217 cm³/mol. The van der Waals surface area contributed by atoms with E-state index >= 15 is 0 Å². The maximum atomic E-state index is 11.2. The van der Waals surface area contributed by atoms with Crippen molar-refractivity contribution < 1.29 is 264 Å². The van der Waals surface area contributed by atoms with Gasteiger partial charge in [0.1, 0.15) is 23.0 Å². The number of carboxylic acid groups (broad SMARTS) is 4. The van der Waals surface area contributed by atoms with Gasteiger partial charge in [-0.25, -0.2) is 9.97 Å². The minimum atomic E-state index is -1.63. The molecular weight excluding hydrogens is 953 g/mol. The molecule has 0 radical (unpaired) electrons. The maximum Gasteiger partial charge on any atom is 1.00 e. The van der Waals surface area contributed by atoms with E-state index in [1.165, 1.54) is 0 Å². The molecule has 0 saturated carbocycles. The maximum absolute atomic E-state index is 11.2. The Balaban J connectivity index is 0.00000374. The number of nitrogens with zero attached hydrogens (tertiary/aromatic N) is 2. The van der Waals surface area contributed by atoms with Gasteiger partial charge >= 0.3 is 206 Å². The van der Waals surface area contributed by atoms with Crippen molar-refractivity contribution in [3.63, 3.8) is 0 Å².